The molecule has 5 rings (SSSR count). The molecule has 0 saturated carbocycles. The molecule has 7 N–H and O–H groups in total. The van der Waals surface area contributed by atoms with Crippen molar-refractivity contribution in [2.24, 2.45) is 10.2 Å². The van der Waals surface area contributed by atoms with Gasteiger partial charge in [-0.15, -0.1) is 5.11 Å². The predicted molar refractivity (Wildman–Crippen MR) is 173 cm³/mol. The molecule has 0 aliphatic carbocycles. The van der Waals surface area contributed by atoms with Crippen LogP contribution in [0.5, 0.6) is 5.75 Å². The number of sulfone groups is 1. The maximum Gasteiger partial charge on any atom is 0.397 e. The van der Waals surface area contributed by atoms with E-state index >= 15 is 0 Å². The van der Waals surface area contributed by atoms with Crippen molar-refractivity contribution in [2.75, 3.05) is 28.7 Å². The van der Waals surface area contributed by atoms with Crippen LogP contribution in [0.25, 0.3) is 10.8 Å². The zero-order valence-corrected chi connectivity index (χ0v) is 26.9. The lowest BCUT2D eigenvalue weighted by Gasteiger charge is -2.11. The number of phenolic OH excluding ortho intramolecular Hbond substituents is 1. The lowest BCUT2D eigenvalue weighted by atomic mass is 10.1. The summed E-state index contributed by atoms with van der Waals surface area (Å²) in [6.07, 6.45) is -1.19. The van der Waals surface area contributed by atoms with Crippen LogP contribution >= 0.6 is 0 Å². The zero-order valence-electron chi connectivity index (χ0n) is 24.5. The number of rotatable bonds is 12. The quantitative estimate of drug-likeness (QED) is 0.0595. The van der Waals surface area contributed by atoms with Crippen molar-refractivity contribution in [3.05, 3.63) is 78.9 Å². The van der Waals surface area contributed by atoms with Gasteiger partial charge in [-0.2, -0.15) is 41.3 Å². The van der Waals surface area contributed by atoms with Crippen LogP contribution in [0.15, 0.2) is 92.8 Å². The Bertz CT molecular complexity index is 2430. The van der Waals surface area contributed by atoms with E-state index in [1.54, 1.807) is 0 Å². The van der Waals surface area contributed by atoms with Crippen molar-refractivity contribution < 1.29 is 48.0 Å². The molecule has 0 bridgehead atoms. The third kappa shape index (κ3) is 8.75. The summed E-state index contributed by atoms with van der Waals surface area (Å²) >= 11 is 0. The molecule has 0 radical (unpaired) electrons. The first-order valence-corrected chi connectivity index (χ1v) is 17.9. The highest BCUT2D eigenvalue weighted by molar-refractivity contribution is 7.91. The summed E-state index contributed by atoms with van der Waals surface area (Å²) in [4.78, 5) is 10.3. The lowest BCUT2D eigenvalue weighted by Crippen LogP contribution is -2.15. The van der Waals surface area contributed by atoms with E-state index in [2.05, 4.69) is 40.0 Å². The Morgan fingerprint density at radius 1 is 0.816 bits per heavy atom. The van der Waals surface area contributed by atoms with Gasteiger partial charge in [0.2, 0.25) is 11.9 Å². The van der Waals surface area contributed by atoms with Crippen LogP contribution in [0, 0.1) is 6.08 Å². The summed E-state index contributed by atoms with van der Waals surface area (Å²) in [5, 5.41) is 23.9. The van der Waals surface area contributed by atoms with Crippen LogP contribution < -0.4 is 16.4 Å². The number of nitrogens with zero attached hydrogens (tertiary/aromatic N) is 5. The normalized spacial score (nSPS) is 12.4. The van der Waals surface area contributed by atoms with E-state index in [1.165, 1.54) is 60.7 Å². The molecular weight excluding hydrogens is 712 g/mol. The van der Waals surface area contributed by atoms with Gasteiger partial charge >= 0.3 is 16.5 Å². The third-order valence-corrected chi connectivity index (χ3v) is 9.44. The Kier molecular flexibility index (Phi) is 9.71. The molecule has 0 aliphatic rings. The number of nitrogens with one attached hydrogen (secondary N) is 2. The SMILES string of the molecule is Nc1c(N=Nc2ccc(Nc3nc(F)nc(Nc4cccc(S(=O)(=O)CCOS(=O)(=O)O)c4)n3)cc2)c(S(=O)(=O)O)cc2cccc(O)c12. The molecule has 0 atom stereocenters. The highest BCUT2D eigenvalue weighted by atomic mass is 32.3. The van der Waals surface area contributed by atoms with E-state index in [1.807, 2.05) is 0 Å². The number of fused-ring (bicyclic) bond motifs is 1. The zero-order chi connectivity index (χ0) is 35.6. The molecule has 5 aromatic rings. The summed E-state index contributed by atoms with van der Waals surface area (Å²) < 4.78 is 107. The number of aromatic nitrogens is 3. The summed E-state index contributed by atoms with van der Waals surface area (Å²) in [5.41, 5.74) is 6.15. The molecule has 0 saturated heterocycles. The van der Waals surface area contributed by atoms with Crippen LogP contribution in [0.2, 0.25) is 0 Å². The number of anilines is 5. The first-order valence-electron chi connectivity index (χ1n) is 13.4. The van der Waals surface area contributed by atoms with Gasteiger partial charge in [0, 0.05) is 16.8 Å². The standard InChI is InChI=1S/C27H23FN8O10S3/c28-25-32-26(34-27(33-25)31-18-4-2-5-19(14-18)47(38,39)12-11-46-49(43,44)45)30-16-7-9-17(10-8-16)35-36-24-21(48(40,41)42)13-15-3-1-6-20(37)22(15)23(24)29/h1-10,13-14,37H,11-12,29H2,(H,40,41,42)(H,43,44,45)(H2,30,31,32,33,34). The minimum atomic E-state index is -4.83. The molecule has 0 unspecified atom stereocenters. The molecule has 0 fully saturated rings. The number of nitrogen functional groups attached to an aromatic ring is 1. The first kappa shape index (κ1) is 34.9. The molecule has 1 heterocycles. The van der Waals surface area contributed by atoms with Crippen molar-refractivity contribution in [2.45, 2.75) is 9.79 Å². The first-order chi connectivity index (χ1) is 23.0. The summed E-state index contributed by atoms with van der Waals surface area (Å²) in [5.74, 6) is -1.56. The fourth-order valence-electron chi connectivity index (χ4n) is 4.31. The van der Waals surface area contributed by atoms with Crippen LogP contribution in [-0.2, 0) is 34.5 Å². The topological polar surface area (TPSA) is 286 Å². The van der Waals surface area contributed by atoms with E-state index < -0.39 is 59.4 Å². The lowest BCUT2D eigenvalue weighted by molar-refractivity contribution is 0.284. The Labute approximate surface area is 277 Å². The molecule has 0 aliphatic heterocycles. The molecule has 256 valence electrons. The van der Waals surface area contributed by atoms with Gasteiger partial charge < -0.3 is 21.5 Å². The molecule has 18 nitrogen and oxygen atoms in total. The van der Waals surface area contributed by atoms with Gasteiger partial charge in [-0.25, -0.2) is 12.6 Å². The van der Waals surface area contributed by atoms with Crippen LogP contribution in [-0.4, -0.2) is 66.8 Å². The number of hydrogen-bond acceptors (Lipinski definition) is 16. The van der Waals surface area contributed by atoms with Crippen molar-refractivity contribution in [3.63, 3.8) is 0 Å². The van der Waals surface area contributed by atoms with E-state index in [0.717, 1.165) is 12.1 Å². The Morgan fingerprint density at radius 3 is 2.12 bits per heavy atom. The molecule has 0 spiro atoms. The second-order valence-electron chi connectivity index (χ2n) is 9.83. The molecule has 1 aromatic heterocycles. The smallest absolute Gasteiger partial charge is 0.397 e. The summed E-state index contributed by atoms with van der Waals surface area (Å²) in [6.45, 7) is -0.824. The van der Waals surface area contributed by atoms with Gasteiger partial charge in [0.25, 0.3) is 10.1 Å². The van der Waals surface area contributed by atoms with Crippen molar-refractivity contribution in [3.8, 4) is 5.75 Å². The number of azo groups is 1. The number of halogens is 1. The number of hydrogen-bond donors (Lipinski definition) is 6. The fourth-order valence-corrected chi connectivity index (χ4v) is 6.51. The maximum absolute atomic E-state index is 14.3. The van der Waals surface area contributed by atoms with E-state index in [4.69, 9.17) is 10.3 Å². The van der Waals surface area contributed by atoms with Crippen LogP contribution in [0.3, 0.4) is 0 Å². The highest BCUT2D eigenvalue weighted by Crippen LogP contribution is 2.41. The van der Waals surface area contributed by atoms with Crippen LogP contribution in [0.4, 0.5) is 44.7 Å². The van der Waals surface area contributed by atoms with Gasteiger partial charge in [-0.3, -0.25) is 9.11 Å². The summed E-state index contributed by atoms with van der Waals surface area (Å²) in [7, 11) is -13.7. The van der Waals surface area contributed by atoms with Crippen molar-refractivity contribution >= 4 is 81.5 Å². The Balaban J connectivity index is 1.32. The predicted octanol–water partition coefficient (Wildman–Crippen LogP) is 4.19. The number of phenols is 1. The molecule has 4 aromatic carbocycles. The molecule has 0 amide bonds. The summed E-state index contributed by atoms with van der Waals surface area (Å²) in [6, 6.07) is 16.4. The third-order valence-electron chi connectivity index (χ3n) is 6.43. The molecule has 49 heavy (non-hydrogen) atoms. The minimum Gasteiger partial charge on any atom is -0.507 e. The highest BCUT2D eigenvalue weighted by Gasteiger charge is 2.22. The second kappa shape index (κ2) is 13.6. The number of nitrogens with two attached hydrogens (primary N) is 1. The van der Waals surface area contributed by atoms with E-state index in [-0.39, 0.29) is 50.4 Å². The fraction of sp³-hybridized carbons (Fsp3) is 0.0741. The average Bonchev–Trinajstić information content (AvgIpc) is 3.00. The van der Waals surface area contributed by atoms with Gasteiger partial charge in [0.05, 0.1) is 28.6 Å². The van der Waals surface area contributed by atoms with Gasteiger partial charge in [-0.05, 0) is 60.0 Å². The van der Waals surface area contributed by atoms with Crippen LogP contribution in [0.1, 0.15) is 0 Å². The largest absolute Gasteiger partial charge is 0.507 e. The Hall–Kier alpha value is -5.39. The van der Waals surface area contributed by atoms with Crippen molar-refractivity contribution in [1.82, 2.24) is 15.0 Å². The minimum absolute atomic E-state index is 0.114. The van der Waals surface area contributed by atoms with Gasteiger partial charge in [0.1, 0.15) is 16.3 Å². The molecular formula is C27H23FN8O10S3. The van der Waals surface area contributed by atoms with Crippen molar-refractivity contribution in [1.29, 1.82) is 0 Å². The molecule has 22 heteroatoms. The maximum atomic E-state index is 14.3. The second-order valence-corrected chi connectivity index (χ2v) is 14.4. The van der Waals surface area contributed by atoms with E-state index in [0.29, 0.717) is 5.69 Å². The van der Waals surface area contributed by atoms with E-state index in [9.17, 15) is 39.3 Å². The average molecular weight is 735 g/mol. The number of benzene rings is 4. The van der Waals surface area contributed by atoms with Gasteiger partial charge in [-0.1, -0.05) is 18.2 Å². The monoisotopic (exact) mass is 734 g/mol. The number of aromatic hydroxyl groups is 1. The van der Waals surface area contributed by atoms with Gasteiger partial charge in [0.15, 0.2) is 9.84 Å². The Morgan fingerprint density at radius 2 is 1.47 bits per heavy atom.